The second-order valence-electron chi connectivity index (χ2n) is 6.94. The SMILES string of the molecule is Cc1cc(C(=O)N(C)C(C)C(C)CN2CCC(F)(F)C2)ccc1F. The molecule has 6 heteroatoms. The molecule has 0 aromatic heterocycles. The lowest BCUT2D eigenvalue weighted by molar-refractivity contribution is 0.00966. The summed E-state index contributed by atoms with van der Waals surface area (Å²) in [4.78, 5) is 15.9. The molecular formula is C18H25F3N2O. The molecule has 1 aliphatic rings. The zero-order valence-corrected chi connectivity index (χ0v) is 14.7. The number of hydrogen-bond donors (Lipinski definition) is 0. The van der Waals surface area contributed by atoms with Gasteiger partial charge in [0.1, 0.15) is 5.82 Å². The van der Waals surface area contributed by atoms with Gasteiger partial charge in [-0.2, -0.15) is 0 Å². The molecule has 1 heterocycles. The molecule has 1 aromatic carbocycles. The van der Waals surface area contributed by atoms with Crippen LogP contribution in [-0.4, -0.2) is 54.4 Å². The van der Waals surface area contributed by atoms with Crippen LogP contribution in [0.25, 0.3) is 0 Å². The molecule has 24 heavy (non-hydrogen) atoms. The lowest BCUT2D eigenvalue weighted by atomic mass is 10.0. The van der Waals surface area contributed by atoms with E-state index in [0.29, 0.717) is 24.2 Å². The molecule has 0 aliphatic carbocycles. The first kappa shape index (κ1) is 18.8. The molecule has 0 saturated carbocycles. The van der Waals surface area contributed by atoms with Crippen LogP contribution in [0, 0.1) is 18.7 Å². The Bertz CT molecular complexity index is 606. The summed E-state index contributed by atoms with van der Waals surface area (Å²) in [7, 11) is 1.70. The summed E-state index contributed by atoms with van der Waals surface area (Å²) in [5.74, 6) is -3.08. The van der Waals surface area contributed by atoms with Crippen molar-refractivity contribution >= 4 is 5.91 Å². The van der Waals surface area contributed by atoms with Crippen LogP contribution >= 0.6 is 0 Å². The smallest absolute Gasteiger partial charge is 0.261 e. The van der Waals surface area contributed by atoms with Gasteiger partial charge in [0.2, 0.25) is 0 Å². The fourth-order valence-corrected chi connectivity index (χ4v) is 3.07. The Morgan fingerprint density at radius 3 is 2.58 bits per heavy atom. The number of benzene rings is 1. The molecule has 3 nitrogen and oxygen atoms in total. The maximum Gasteiger partial charge on any atom is 0.261 e. The highest BCUT2D eigenvalue weighted by molar-refractivity contribution is 5.94. The average Bonchev–Trinajstić information content (AvgIpc) is 2.86. The van der Waals surface area contributed by atoms with Crippen molar-refractivity contribution in [3.63, 3.8) is 0 Å². The number of aryl methyl sites for hydroxylation is 1. The van der Waals surface area contributed by atoms with E-state index in [-0.39, 0.29) is 36.6 Å². The monoisotopic (exact) mass is 342 g/mol. The van der Waals surface area contributed by atoms with E-state index in [0.717, 1.165) is 0 Å². The lowest BCUT2D eigenvalue weighted by Crippen LogP contribution is -2.43. The third kappa shape index (κ3) is 4.29. The number of likely N-dealkylation sites (tertiary alicyclic amines) is 1. The predicted octanol–water partition coefficient (Wildman–Crippen LogP) is 3.57. The van der Waals surface area contributed by atoms with Crippen molar-refractivity contribution in [2.75, 3.05) is 26.7 Å². The number of nitrogens with zero attached hydrogens (tertiary/aromatic N) is 2. The van der Waals surface area contributed by atoms with Gasteiger partial charge in [0, 0.05) is 38.2 Å². The topological polar surface area (TPSA) is 23.6 Å². The Hall–Kier alpha value is -1.56. The molecule has 0 radical (unpaired) electrons. The molecule has 134 valence electrons. The van der Waals surface area contributed by atoms with Crippen molar-refractivity contribution < 1.29 is 18.0 Å². The fourth-order valence-electron chi connectivity index (χ4n) is 3.07. The molecule has 0 spiro atoms. The van der Waals surface area contributed by atoms with Crippen LogP contribution in [0.5, 0.6) is 0 Å². The number of carbonyl (C=O) groups is 1. The van der Waals surface area contributed by atoms with Crippen molar-refractivity contribution in [3.05, 3.63) is 35.1 Å². The van der Waals surface area contributed by atoms with E-state index in [2.05, 4.69) is 0 Å². The predicted molar refractivity (Wildman–Crippen MR) is 87.9 cm³/mol. The number of rotatable bonds is 5. The van der Waals surface area contributed by atoms with E-state index in [1.165, 1.54) is 18.2 Å². The molecule has 1 saturated heterocycles. The average molecular weight is 342 g/mol. The minimum absolute atomic E-state index is 0.0504. The standard InChI is InChI=1S/C18H25F3N2O/c1-12-9-15(5-6-16(12)19)17(24)22(4)14(3)13(2)10-23-8-7-18(20,21)11-23/h5-6,9,13-14H,7-8,10-11H2,1-4H3. The lowest BCUT2D eigenvalue weighted by Gasteiger charge is -2.32. The number of alkyl halides is 2. The molecule has 1 aromatic rings. The van der Waals surface area contributed by atoms with Crippen LogP contribution in [0.3, 0.4) is 0 Å². The van der Waals surface area contributed by atoms with E-state index in [1.807, 2.05) is 13.8 Å². The van der Waals surface area contributed by atoms with Gasteiger partial charge in [-0.25, -0.2) is 13.2 Å². The number of hydrogen-bond acceptors (Lipinski definition) is 2. The third-order valence-electron chi connectivity index (χ3n) is 4.95. The van der Waals surface area contributed by atoms with Crippen molar-refractivity contribution in [2.24, 2.45) is 5.92 Å². The van der Waals surface area contributed by atoms with E-state index >= 15 is 0 Å². The van der Waals surface area contributed by atoms with Crippen LogP contribution in [0.15, 0.2) is 18.2 Å². The molecule has 2 unspecified atom stereocenters. The fraction of sp³-hybridized carbons (Fsp3) is 0.611. The van der Waals surface area contributed by atoms with Gasteiger partial charge >= 0.3 is 0 Å². The van der Waals surface area contributed by atoms with Crippen molar-refractivity contribution in [2.45, 2.75) is 39.2 Å². The molecule has 1 amide bonds. The summed E-state index contributed by atoms with van der Waals surface area (Å²) >= 11 is 0. The minimum atomic E-state index is -2.60. The first-order valence-corrected chi connectivity index (χ1v) is 8.24. The first-order chi connectivity index (χ1) is 11.1. The largest absolute Gasteiger partial charge is 0.339 e. The quantitative estimate of drug-likeness (QED) is 0.817. The second kappa shape index (κ2) is 7.13. The number of amides is 1. The number of carbonyl (C=O) groups excluding carboxylic acids is 1. The molecule has 2 atom stereocenters. The Labute approximate surface area is 141 Å². The van der Waals surface area contributed by atoms with Gasteiger partial charge in [-0.1, -0.05) is 6.92 Å². The molecule has 0 bridgehead atoms. The third-order valence-corrected chi connectivity index (χ3v) is 4.95. The highest BCUT2D eigenvalue weighted by Crippen LogP contribution is 2.28. The van der Waals surface area contributed by atoms with Crippen LogP contribution in [0.2, 0.25) is 0 Å². The van der Waals surface area contributed by atoms with Crippen LogP contribution < -0.4 is 0 Å². The number of halogens is 3. The van der Waals surface area contributed by atoms with Gasteiger partial charge in [0.15, 0.2) is 0 Å². The Morgan fingerprint density at radius 1 is 1.38 bits per heavy atom. The van der Waals surface area contributed by atoms with Gasteiger partial charge in [-0.3, -0.25) is 9.69 Å². The summed E-state index contributed by atoms with van der Waals surface area (Å²) in [6.07, 6.45) is -0.0995. The van der Waals surface area contributed by atoms with Crippen LogP contribution in [0.1, 0.15) is 36.2 Å². The zero-order chi connectivity index (χ0) is 18.1. The first-order valence-electron chi connectivity index (χ1n) is 8.24. The zero-order valence-electron chi connectivity index (χ0n) is 14.7. The van der Waals surface area contributed by atoms with Gasteiger partial charge in [0.25, 0.3) is 11.8 Å². The Kier molecular flexibility index (Phi) is 5.58. The normalized spacial score (nSPS) is 20.0. The second-order valence-corrected chi connectivity index (χ2v) is 6.94. The highest BCUT2D eigenvalue weighted by atomic mass is 19.3. The molecule has 0 N–H and O–H groups in total. The van der Waals surface area contributed by atoms with Crippen LogP contribution in [0.4, 0.5) is 13.2 Å². The van der Waals surface area contributed by atoms with Gasteiger partial charge in [-0.05, 0) is 43.5 Å². The van der Waals surface area contributed by atoms with E-state index in [9.17, 15) is 18.0 Å². The van der Waals surface area contributed by atoms with Crippen molar-refractivity contribution in [1.82, 2.24) is 9.80 Å². The van der Waals surface area contributed by atoms with Gasteiger partial charge in [0.05, 0.1) is 6.54 Å². The van der Waals surface area contributed by atoms with Crippen LogP contribution in [-0.2, 0) is 0 Å². The Balaban J connectivity index is 1.98. The molecular weight excluding hydrogens is 317 g/mol. The summed E-state index contributed by atoms with van der Waals surface area (Å²) in [6, 6.07) is 4.18. The summed E-state index contributed by atoms with van der Waals surface area (Å²) < 4.78 is 39.9. The summed E-state index contributed by atoms with van der Waals surface area (Å²) in [5.41, 5.74) is 0.859. The Morgan fingerprint density at radius 2 is 2.04 bits per heavy atom. The van der Waals surface area contributed by atoms with E-state index in [1.54, 1.807) is 23.8 Å². The van der Waals surface area contributed by atoms with E-state index in [4.69, 9.17) is 0 Å². The summed E-state index contributed by atoms with van der Waals surface area (Å²) in [5, 5.41) is 0. The van der Waals surface area contributed by atoms with Gasteiger partial charge < -0.3 is 4.90 Å². The van der Waals surface area contributed by atoms with Crippen molar-refractivity contribution in [3.8, 4) is 0 Å². The van der Waals surface area contributed by atoms with E-state index < -0.39 is 5.92 Å². The maximum atomic E-state index is 13.3. The maximum absolute atomic E-state index is 13.3. The van der Waals surface area contributed by atoms with Gasteiger partial charge in [-0.15, -0.1) is 0 Å². The molecule has 2 rings (SSSR count). The molecule has 1 aliphatic heterocycles. The minimum Gasteiger partial charge on any atom is -0.339 e. The van der Waals surface area contributed by atoms with Crippen molar-refractivity contribution in [1.29, 1.82) is 0 Å². The molecule has 1 fully saturated rings. The summed E-state index contributed by atoms with van der Waals surface area (Å²) in [6.45, 7) is 6.19. The highest BCUT2D eigenvalue weighted by Gasteiger charge is 2.39.